The number of halogens is 2. The largest absolute Gasteiger partial charge is 0.341 e. The lowest BCUT2D eigenvalue weighted by Gasteiger charge is -2.43. The number of benzene rings is 1. The van der Waals surface area contributed by atoms with E-state index in [1.165, 1.54) is 18.9 Å². The van der Waals surface area contributed by atoms with E-state index < -0.39 is 17.5 Å². The third-order valence-corrected chi connectivity index (χ3v) is 7.35. The molecule has 0 bridgehead atoms. The van der Waals surface area contributed by atoms with Gasteiger partial charge in [0.1, 0.15) is 11.6 Å². The molecule has 1 unspecified atom stereocenters. The van der Waals surface area contributed by atoms with Crippen molar-refractivity contribution in [2.24, 2.45) is 11.8 Å². The van der Waals surface area contributed by atoms with Gasteiger partial charge in [0.2, 0.25) is 5.91 Å². The molecule has 1 atom stereocenters. The minimum absolute atomic E-state index is 0.0966. The van der Waals surface area contributed by atoms with Crippen LogP contribution in [0.3, 0.4) is 0 Å². The third kappa shape index (κ3) is 4.92. The van der Waals surface area contributed by atoms with Crippen molar-refractivity contribution in [3.63, 3.8) is 0 Å². The van der Waals surface area contributed by atoms with Crippen molar-refractivity contribution in [2.75, 3.05) is 39.3 Å². The number of piperazine rings is 1. The molecule has 2 heterocycles. The minimum atomic E-state index is -0.828. The lowest BCUT2D eigenvalue weighted by atomic mass is 9.92. The summed E-state index contributed by atoms with van der Waals surface area (Å²) in [7, 11) is 0. The summed E-state index contributed by atoms with van der Waals surface area (Å²) in [6.45, 7) is 6.03. The van der Waals surface area contributed by atoms with Crippen LogP contribution in [0.25, 0.3) is 0 Å². The molecule has 7 heteroatoms. The van der Waals surface area contributed by atoms with Crippen LogP contribution >= 0.6 is 0 Å². The Morgan fingerprint density at radius 1 is 0.903 bits per heavy atom. The summed E-state index contributed by atoms with van der Waals surface area (Å²) in [5.41, 5.74) is -0.0966. The number of hydrogen-bond acceptors (Lipinski definition) is 3. The maximum Gasteiger partial charge on any atom is 0.256 e. The van der Waals surface area contributed by atoms with Crippen LogP contribution in [0.2, 0.25) is 0 Å². The molecule has 2 aliphatic heterocycles. The number of carbonyl (C=O) groups is 2. The Morgan fingerprint density at radius 2 is 1.55 bits per heavy atom. The van der Waals surface area contributed by atoms with Crippen molar-refractivity contribution in [1.29, 1.82) is 0 Å². The first-order valence-corrected chi connectivity index (χ1v) is 11.7. The molecule has 170 valence electrons. The summed E-state index contributed by atoms with van der Waals surface area (Å²) in [6.07, 6.45) is 6.64. The van der Waals surface area contributed by atoms with Gasteiger partial charge in [0.25, 0.3) is 5.91 Å². The van der Waals surface area contributed by atoms with Gasteiger partial charge in [0.15, 0.2) is 0 Å². The van der Waals surface area contributed by atoms with Crippen LogP contribution in [0, 0.1) is 23.5 Å². The zero-order valence-corrected chi connectivity index (χ0v) is 18.4. The Hall–Kier alpha value is -2.02. The van der Waals surface area contributed by atoms with Crippen molar-refractivity contribution >= 4 is 11.8 Å². The smallest absolute Gasteiger partial charge is 0.256 e. The minimum Gasteiger partial charge on any atom is -0.341 e. The van der Waals surface area contributed by atoms with Gasteiger partial charge < -0.3 is 9.80 Å². The molecular formula is C24H33F2N3O2. The molecule has 0 aromatic heterocycles. The summed E-state index contributed by atoms with van der Waals surface area (Å²) in [4.78, 5) is 32.2. The van der Waals surface area contributed by atoms with Crippen molar-refractivity contribution in [2.45, 2.75) is 51.5 Å². The van der Waals surface area contributed by atoms with E-state index in [2.05, 4.69) is 16.7 Å². The van der Waals surface area contributed by atoms with Gasteiger partial charge in [-0.05, 0) is 49.7 Å². The van der Waals surface area contributed by atoms with Gasteiger partial charge in [-0.15, -0.1) is 0 Å². The van der Waals surface area contributed by atoms with Crippen LogP contribution in [-0.4, -0.2) is 71.8 Å². The first kappa shape index (κ1) is 22.2. The summed E-state index contributed by atoms with van der Waals surface area (Å²) in [6, 6.07) is 2.95. The predicted molar refractivity (Wildman–Crippen MR) is 115 cm³/mol. The summed E-state index contributed by atoms with van der Waals surface area (Å²) < 4.78 is 27.2. The highest BCUT2D eigenvalue weighted by Gasteiger charge is 2.40. The monoisotopic (exact) mass is 433 g/mol. The molecule has 1 aromatic rings. The fourth-order valence-corrected chi connectivity index (χ4v) is 5.38. The Labute approximate surface area is 183 Å². The van der Waals surface area contributed by atoms with E-state index in [1.807, 2.05) is 0 Å². The lowest BCUT2D eigenvalue weighted by Crippen LogP contribution is -2.59. The number of carbonyl (C=O) groups excluding carboxylic acids is 2. The van der Waals surface area contributed by atoms with Crippen molar-refractivity contribution in [1.82, 2.24) is 14.7 Å². The number of nitrogens with zero attached hydrogens (tertiary/aromatic N) is 3. The Balaban J connectivity index is 1.42. The molecule has 3 aliphatic rings. The molecule has 0 N–H and O–H groups in total. The fraction of sp³-hybridized carbons (Fsp3) is 0.667. The second kappa shape index (κ2) is 9.63. The standard InChI is InChI=1S/C24H33F2N3O2/c1-17-8-10-28(11-9-17)24(31)22(18-4-2-3-5-18)27-12-14-29(15-13-27)23(30)20-7-6-19(25)16-21(20)26/h6-7,16-18,22H,2-5,8-15H2,1H3. The Bertz CT molecular complexity index is 796. The number of piperidine rings is 1. The normalized spacial score (nSPS) is 22.7. The molecule has 1 aromatic carbocycles. The topological polar surface area (TPSA) is 43.9 Å². The quantitative estimate of drug-likeness (QED) is 0.730. The maximum atomic E-state index is 14.1. The van der Waals surface area contributed by atoms with Crippen molar-refractivity contribution in [3.05, 3.63) is 35.4 Å². The van der Waals surface area contributed by atoms with Gasteiger partial charge in [0.05, 0.1) is 11.6 Å². The summed E-state index contributed by atoms with van der Waals surface area (Å²) in [5.74, 6) is -0.622. The summed E-state index contributed by atoms with van der Waals surface area (Å²) >= 11 is 0. The molecule has 4 rings (SSSR count). The van der Waals surface area contributed by atoms with E-state index in [0.29, 0.717) is 38.0 Å². The van der Waals surface area contributed by atoms with Gasteiger partial charge in [0, 0.05) is 45.3 Å². The van der Waals surface area contributed by atoms with Crippen LogP contribution in [-0.2, 0) is 4.79 Å². The van der Waals surface area contributed by atoms with Gasteiger partial charge >= 0.3 is 0 Å². The predicted octanol–water partition coefficient (Wildman–Crippen LogP) is 3.54. The molecule has 5 nitrogen and oxygen atoms in total. The average Bonchev–Trinajstić information content (AvgIpc) is 3.29. The lowest BCUT2D eigenvalue weighted by molar-refractivity contribution is -0.141. The van der Waals surface area contributed by atoms with E-state index in [9.17, 15) is 18.4 Å². The van der Waals surface area contributed by atoms with Gasteiger partial charge in [-0.2, -0.15) is 0 Å². The molecule has 31 heavy (non-hydrogen) atoms. The van der Waals surface area contributed by atoms with Crippen molar-refractivity contribution in [3.8, 4) is 0 Å². The molecule has 2 saturated heterocycles. The van der Waals surface area contributed by atoms with Gasteiger partial charge in [-0.3, -0.25) is 14.5 Å². The SMILES string of the molecule is CC1CCN(C(=O)C(C2CCCC2)N2CCN(C(=O)c3ccc(F)cc3F)CC2)CC1. The Morgan fingerprint density at radius 3 is 2.16 bits per heavy atom. The van der Waals surface area contributed by atoms with Gasteiger partial charge in [-0.1, -0.05) is 19.8 Å². The Kier molecular flexibility index (Phi) is 6.89. The molecule has 1 aliphatic carbocycles. The highest BCUT2D eigenvalue weighted by Crippen LogP contribution is 2.33. The summed E-state index contributed by atoms with van der Waals surface area (Å²) in [5, 5.41) is 0. The van der Waals surface area contributed by atoms with Gasteiger partial charge in [-0.25, -0.2) is 8.78 Å². The maximum absolute atomic E-state index is 14.1. The van der Waals surface area contributed by atoms with E-state index >= 15 is 0 Å². The molecule has 0 radical (unpaired) electrons. The number of rotatable bonds is 4. The van der Waals surface area contributed by atoms with Crippen LogP contribution in [0.4, 0.5) is 8.78 Å². The highest BCUT2D eigenvalue weighted by molar-refractivity contribution is 5.94. The third-order valence-electron chi connectivity index (χ3n) is 7.35. The molecule has 3 fully saturated rings. The number of amides is 2. The first-order chi connectivity index (χ1) is 14.9. The molecular weight excluding hydrogens is 400 g/mol. The van der Waals surface area contributed by atoms with E-state index in [4.69, 9.17) is 0 Å². The van der Waals surface area contributed by atoms with Crippen LogP contribution in [0.15, 0.2) is 18.2 Å². The van der Waals surface area contributed by atoms with E-state index in [0.717, 1.165) is 50.9 Å². The number of likely N-dealkylation sites (tertiary alicyclic amines) is 1. The van der Waals surface area contributed by atoms with E-state index in [-0.39, 0.29) is 17.5 Å². The molecule has 1 saturated carbocycles. The van der Waals surface area contributed by atoms with Crippen LogP contribution in [0.5, 0.6) is 0 Å². The second-order valence-corrected chi connectivity index (χ2v) is 9.45. The molecule has 0 spiro atoms. The first-order valence-electron chi connectivity index (χ1n) is 11.7. The second-order valence-electron chi connectivity index (χ2n) is 9.45. The molecule has 2 amide bonds. The zero-order valence-electron chi connectivity index (χ0n) is 18.4. The fourth-order valence-electron chi connectivity index (χ4n) is 5.38. The van der Waals surface area contributed by atoms with Crippen LogP contribution < -0.4 is 0 Å². The van der Waals surface area contributed by atoms with E-state index in [1.54, 1.807) is 4.90 Å². The van der Waals surface area contributed by atoms with Crippen LogP contribution in [0.1, 0.15) is 55.8 Å². The highest BCUT2D eigenvalue weighted by atomic mass is 19.1. The average molecular weight is 434 g/mol. The number of hydrogen-bond donors (Lipinski definition) is 0. The van der Waals surface area contributed by atoms with Crippen molar-refractivity contribution < 1.29 is 18.4 Å². The zero-order chi connectivity index (χ0) is 22.0.